The third-order valence-corrected chi connectivity index (χ3v) is 2.11. The van der Waals surface area contributed by atoms with E-state index >= 15 is 0 Å². The summed E-state index contributed by atoms with van der Waals surface area (Å²) in [6.45, 7) is 3.38. The molecule has 10 heavy (non-hydrogen) atoms. The van der Waals surface area contributed by atoms with Gasteiger partial charge in [-0.05, 0) is 6.42 Å². The topological polar surface area (TPSA) is 27.7 Å². The standard InChI is InChI=1S/C7H12O3/c1-2-6-5-3-8-7(10-6)9-4-5/h5-7H,2-4H2,1H3. The predicted molar refractivity (Wildman–Crippen MR) is 34.3 cm³/mol. The van der Waals surface area contributed by atoms with Gasteiger partial charge >= 0.3 is 0 Å². The molecule has 0 aromatic heterocycles. The normalized spacial score (nSPS) is 45.9. The smallest absolute Gasteiger partial charge is 0.271 e. The van der Waals surface area contributed by atoms with E-state index in [4.69, 9.17) is 14.2 Å². The lowest BCUT2D eigenvalue weighted by atomic mass is 10.0. The molecule has 0 spiro atoms. The first kappa shape index (κ1) is 6.58. The zero-order chi connectivity index (χ0) is 6.97. The Bertz CT molecular complexity index is 118. The Morgan fingerprint density at radius 2 is 2.00 bits per heavy atom. The highest BCUT2D eigenvalue weighted by molar-refractivity contribution is 4.75. The van der Waals surface area contributed by atoms with Gasteiger partial charge in [-0.15, -0.1) is 0 Å². The van der Waals surface area contributed by atoms with Crippen molar-refractivity contribution in [2.24, 2.45) is 5.92 Å². The molecule has 3 heteroatoms. The number of hydrogen-bond donors (Lipinski definition) is 0. The molecule has 0 aromatic rings. The third kappa shape index (κ3) is 0.944. The molecular formula is C7H12O3. The maximum Gasteiger partial charge on any atom is 0.271 e. The van der Waals surface area contributed by atoms with Crippen LogP contribution in [0.25, 0.3) is 0 Å². The van der Waals surface area contributed by atoms with Crippen molar-refractivity contribution in [3.05, 3.63) is 0 Å². The molecule has 3 heterocycles. The third-order valence-electron chi connectivity index (χ3n) is 2.11. The van der Waals surface area contributed by atoms with Crippen molar-refractivity contribution in [3.63, 3.8) is 0 Å². The molecule has 3 rings (SSSR count). The first-order chi connectivity index (χ1) is 4.90. The summed E-state index contributed by atoms with van der Waals surface area (Å²) in [6.07, 6.45) is 1.43. The Hall–Kier alpha value is -0.120. The average molecular weight is 144 g/mol. The van der Waals surface area contributed by atoms with Gasteiger partial charge in [-0.2, -0.15) is 0 Å². The fourth-order valence-corrected chi connectivity index (χ4v) is 1.48. The summed E-state index contributed by atoms with van der Waals surface area (Å²) in [5.74, 6) is 0.468. The summed E-state index contributed by atoms with van der Waals surface area (Å²) in [6, 6.07) is 0. The van der Waals surface area contributed by atoms with Crippen LogP contribution in [0.2, 0.25) is 0 Å². The van der Waals surface area contributed by atoms with Crippen LogP contribution in [0.4, 0.5) is 0 Å². The first-order valence-electron chi connectivity index (χ1n) is 3.79. The molecule has 2 bridgehead atoms. The van der Waals surface area contributed by atoms with Crippen LogP contribution < -0.4 is 0 Å². The van der Waals surface area contributed by atoms with Gasteiger partial charge in [0.1, 0.15) is 0 Å². The van der Waals surface area contributed by atoms with Crippen LogP contribution in [-0.2, 0) is 14.2 Å². The molecule has 1 unspecified atom stereocenters. The molecule has 3 aliphatic rings. The van der Waals surface area contributed by atoms with Crippen molar-refractivity contribution < 1.29 is 14.2 Å². The molecule has 0 N–H and O–H groups in total. The van der Waals surface area contributed by atoms with Crippen LogP contribution in [0.1, 0.15) is 13.3 Å². The molecule has 0 saturated carbocycles. The van der Waals surface area contributed by atoms with E-state index in [0.717, 1.165) is 19.6 Å². The second-order valence-electron chi connectivity index (χ2n) is 2.80. The van der Waals surface area contributed by atoms with E-state index in [1.807, 2.05) is 0 Å². The van der Waals surface area contributed by atoms with Gasteiger partial charge in [-0.1, -0.05) is 6.92 Å². The van der Waals surface area contributed by atoms with Gasteiger partial charge in [0, 0.05) is 5.92 Å². The minimum atomic E-state index is -0.366. The Labute approximate surface area is 60.3 Å². The summed E-state index contributed by atoms with van der Waals surface area (Å²) in [5.41, 5.74) is 0. The van der Waals surface area contributed by atoms with Gasteiger partial charge in [0.05, 0.1) is 19.3 Å². The average Bonchev–Trinajstić information content (AvgIpc) is 2.06. The summed E-state index contributed by atoms with van der Waals surface area (Å²) in [5, 5.41) is 0. The van der Waals surface area contributed by atoms with E-state index in [-0.39, 0.29) is 6.48 Å². The van der Waals surface area contributed by atoms with Crippen LogP contribution in [-0.4, -0.2) is 25.8 Å². The molecular weight excluding hydrogens is 132 g/mol. The SMILES string of the molecule is CCC1OC2OCC1CO2. The maximum atomic E-state index is 5.39. The predicted octanol–water partition coefficient (Wildman–Crippen LogP) is 0.742. The Morgan fingerprint density at radius 1 is 1.30 bits per heavy atom. The molecule has 0 amide bonds. The van der Waals surface area contributed by atoms with Crippen LogP contribution in [0.15, 0.2) is 0 Å². The van der Waals surface area contributed by atoms with Gasteiger partial charge in [-0.3, -0.25) is 0 Å². The molecule has 58 valence electrons. The van der Waals surface area contributed by atoms with E-state index in [1.54, 1.807) is 0 Å². The van der Waals surface area contributed by atoms with Gasteiger partial charge in [0.15, 0.2) is 0 Å². The minimum Gasteiger partial charge on any atom is -0.329 e. The Morgan fingerprint density at radius 3 is 2.30 bits per heavy atom. The molecule has 3 aliphatic heterocycles. The summed E-state index contributed by atoms with van der Waals surface area (Å²) in [7, 11) is 0. The molecule has 0 aliphatic carbocycles. The van der Waals surface area contributed by atoms with Gasteiger partial charge in [0.2, 0.25) is 0 Å². The lowest BCUT2D eigenvalue weighted by Gasteiger charge is -2.41. The van der Waals surface area contributed by atoms with Crippen LogP contribution in [0.5, 0.6) is 0 Å². The van der Waals surface area contributed by atoms with Crippen molar-refractivity contribution in [1.82, 2.24) is 0 Å². The number of fused-ring (bicyclic) bond motifs is 3. The number of rotatable bonds is 1. The Kier molecular flexibility index (Phi) is 1.64. The number of ether oxygens (including phenoxy) is 3. The molecule has 1 atom stereocenters. The molecule has 0 aromatic carbocycles. The van der Waals surface area contributed by atoms with E-state index in [0.29, 0.717) is 12.0 Å². The van der Waals surface area contributed by atoms with Gasteiger partial charge in [-0.25, -0.2) is 0 Å². The summed E-state index contributed by atoms with van der Waals surface area (Å²) < 4.78 is 15.7. The zero-order valence-corrected chi connectivity index (χ0v) is 6.08. The molecule has 0 radical (unpaired) electrons. The zero-order valence-electron chi connectivity index (χ0n) is 6.08. The fraction of sp³-hybridized carbons (Fsp3) is 1.00. The molecule has 3 fully saturated rings. The lowest BCUT2D eigenvalue weighted by Crippen LogP contribution is -2.49. The highest BCUT2D eigenvalue weighted by Crippen LogP contribution is 2.27. The van der Waals surface area contributed by atoms with E-state index in [1.165, 1.54) is 0 Å². The highest BCUT2D eigenvalue weighted by atomic mass is 16.9. The fourth-order valence-electron chi connectivity index (χ4n) is 1.48. The molecule has 3 saturated heterocycles. The highest BCUT2D eigenvalue weighted by Gasteiger charge is 2.36. The van der Waals surface area contributed by atoms with Gasteiger partial charge in [0.25, 0.3) is 6.48 Å². The largest absolute Gasteiger partial charge is 0.329 e. The first-order valence-corrected chi connectivity index (χ1v) is 3.79. The van der Waals surface area contributed by atoms with E-state index in [2.05, 4.69) is 6.92 Å². The summed E-state index contributed by atoms with van der Waals surface area (Å²) >= 11 is 0. The van der Waals surface area contributed by atoms with Crippen molar-refractivity contribution in [3.8, 4) is 0 Å². The molecule has 3 nitrogen and oxygen atoms in total. The van der Waals surface area contributed by atoms with Crippen LogP contribution >= 0.6 is 0 Å². The van der Waals surface area contributed by atoms with E-state index < -0.39 is 0 Å². The second kappa shape index (κ2) is 2.49. The quantitative estimate of drug-likeness (QED) is 0.543. The maximum absolute atomic E-state index is 5.39. The summed E-state index contributed by atoms with van der Waals surface area (Å²) in [4.78, 5) is 0. The monoisotopic (exact) mass is 144 g/mol. The number of hydrogen-bond acceptors (Lipinski definition) is 3. The van der Waals surface area contributed by atoms with Crippen LogP contribution in [0, 0.1) is 5.92 Å². The lowest BCUT2D eigenvalue weighted by molar-refractivity contribution is -0.392. The van der Waals surface area contributed by atoms with Crippen molar-refractivity contribution in [2.75, 3.05) is 13.2 Å². The van der Waals surface area contributed by atoms with Crippen molar-refractivity contribution in [2.45, 2.75) is 25.9 Å². The Balaban J connectivity index is 2.01. The second-order valence-corrected chi connectivity index (χ2v) is 2.80. The van der Waals surface area contributed by atoms with Crippen molar-refractivity contribution >= 4 is 0 Å². The van der Waals surface area contributed by atoms with Crippen molar-refractivity contribution in [1.29, 1.82) is 0 Å². The van der Waals surface area contributed by atoms with E-state index in [9.17, 15) is 0 Å². The van der Waals surface area contributed by atoms with Crippen LogP contribution in [0.3, 0.4) is 0 Å². The minimum absolute atomic E-state index is 0.366. The van der Waals surface area contributed by atoms with Gasteiger partial charge < -0.3 is 14.2 Å².